The van der Waals surface area contributed by atoms with Crippen molar-refractivity contribution in [3.63, 3.8) is 0 Å². The molecule has 0 saturated heterocycles. The van der Waals surface area contributed by atoms with Crippen LogP contribution in [0.2, 0.25) is 0 Å². The molecule has 216 valence electrons. The predicted octanol–water partition coefficient (Wildman–Crippen LogP) is 4.19. The Morgan fingerprint density at radius 3 is 2.02 bits per heavy atom. The van der Waals surface area contributed by atoms with E-state index in [4.69, 9.17) is 28.8 Å². The van der Waals surface area contributed by atoms with Gasteiger partial charge in [0.05, 0.1) is 46.8 Å². The number of hydrogen-bond donors (Lipinski definition) is 0. The monoisotopic (exact) mass is 561 g/mol. The quantitative estimate of drug-likeness (QED) is 0.327. The van der Waals surface area contributed by atoms with E-state index in [1.807, 2.05) is 30.3 Å². The molecule has 1 atom stereocenters. The van der Waals surface area contributed by atoms with Gasteiger partial charge in [0.1, 0.15) is 29.5 Å². The summed E-state index contributed by atoms with van der Waals surface area (Å²) < 4.78 is 26.9. The van der Waals surface area contributed by atoms with E-state index in [-0.39, 0.29) is 31.5 Å². The number of ether oxygens (including phenoxy) is 5. The molecule has 1 aliphatic rings. The van der Waals surface area contributed by atoms with Crippen LogP contribution in [0.15, 0.2) is 71.8 Å². The lowest BCUT2D eigenvalue weighted by atomic mass is 9.97. The van der Waals surface area contributed by atoms with Crippen LogP contribution < -0.4 is 18.9 Å². The summed E-state index contributed by atoms with van der Waals surface area (Å²) in [6.45, 7) is 0.294. The topological polar surface area (TPSA) is 99.1 Å². The minimum Gasteiger partial charge on any atom is -0.497 e. The maximum absolute atomic E-state index is 13.9. The number of benzene rings is 3. The van der Waals surface area contributed by atoms with Crippen molar-refractivity contribution in [2.45, 2.75) is 12.5 Å². The Morgan fingerprint density at radius 1 is 0.829 bits per heavy atom. The Hall–Kier alpha value is -4.57. The molecule has 0 fully saturated rings. The van der Waals surface area contributed by atoms with Gasteiger partial charge >= 0.3 is 0 Å². The summed E-state index contributed by atoms with van der Waals surface area (Å²) in [7, 11) is 7.88. The Bertz CT molecular complexity index is 1370. The molecule has 3 aromatic rings. The number of carbonyl (C=O) groups is 2. The van der Waals surface area contributed by atoms with Gasteiger partial charge in [-0.15, -0.1) is 0 Å². The van der Waals surface area contributed by atoms with E-state index < -0.39 is 6.04 Å². The molecule has 0 aromatic heterocycles. The minimum atomic E-state index is -0.481. The average Bonchev–Trinajstić information content (AvgIpc) is 3.48. The van der Waals surface area contributed by atoms with Gasteiger partial charge in [0, 0.05) is 31.2 Å². The van der Waals surface area contributed by atoms with Crippen molar-refractivity contribution in [2.24, 2.45) is 5.10 Å². The minimum absolute atomic E-state index is 0.198. The fourth-order valence-corrected chi connectivity index (χ4v) is 4.65. The molecule has 0 bridgehead atoms. The Kier molecular flexibility index (Phi) is 9.81. The molecule has 0 saturated carbocycles. The highest BCUT2D eigenvalue weighted by Gasteiger charge is 2.36. The van der Waals surface area contributed by atoms with Gasteiger partial charge in [-0.05, 0) is 72.3 Å². The van der Waals surface area contributed by atoms with Crippen molar-refractivity contribution in [2.75, 3.05) is 55.2 Å². The van der Waals surface area contributed by atoms with Gasteiger partial charge in [-0.25, -0.2) is 5.01 Å². The van der Waals surface area contributed by atoms with Crippen LogP contribution in [0.5, 0.6) is 23.0 Å². The van der Waals surface area contributed by atoms with E-state index in [9.17, 15) is 9.59 Å². The highest BCUT2D eigenvalue weighted by molar-refractivity contribution is 6.04. The molecule has 10 nitrogen and oxygen atoms in total. The Balaban J connectivity index is 1.68. The van der Waals surface area contributed by atoms with E-state index in [0.717, 1.165) is 22.6 Å². The lowest BCUT2D eigenvalue weighted by Gasteiger charge is -2.28. The van der Waals surface area contributed by atoms with E-state index in [1.165, 1.54) is 9.91 Å². The van der Waals surface area contributed by atoms with Gasteiger partial charge in [-0.1, -0.05) is 0 Å². The third kappa shape index (κ3) is 6.78. The van der Waals surface area contributed by atoms with Gasteiger partial charge in [-0.3, -0.25) is 9.59 Å². The largest absolute Gasteiger partial charge is 0.497 e. The SMILES string of the molecule is COCCN(CC(=O)N1N=C(c2ccc(OC)cc2)CC1c1cc(OC)ccc1OC)C(=O)c1ccc(OC)cc1. The second-order valence-electron chi connectivity index (χ2n) is 9.29. The molecule has 2 amide bonds. The average molecular weight is 562 g/mol. The summed E-state index contributed by atoms with van der Waals surface area (Å²) in [5, 5.41) is 6.21. The molecule has 3 aromatic carbocycles. The van der Waals surface area contributed by atoms with Gasteiger partial charge in [0.15, 0.2) is 0 Å². The summed E-state index contributed by atoms with van der Waals surface area (Å²) in [4.78, 5) is 28.9. The van der Waals surface area contributed by atoms with Crippen molar-refractivity contribution in [3.05, 3.63) is 83.4 Å². The van der Waals surface area contributed by atoms with Crippen LogP contribution in [0.3, 0.4) is 0 Å². The molecule has 1 aliphatic heterocycles. The zero-order valence-corrected chi connectivity index (χ0v) is 24.0. The fourth-order valence-electron chi connectivity index (χ4n) is 4.65. The molecule has 10 heteroatoms. The molecule has 0 radical (unpaired) electrons. The second kappa shape index (κ2) is 13.7. The van der Waals surface area contributed by atoms with Gasteiger partial charge in [0.25, 0.3) is 11.8 Å². The number of hydrazone groups is 1. The zero-order valence-electron chi connectivity index (χ0n) is 24.0. The Morgan fingerprint density at radius 2 is 1.44 bits per heavy atom. The smallest absolute Gasteiger partial charge is 0.262 e. The van der Waals surface area contributed by atoms with Crippen LogP contribution in [0.4, 0.5) is 0 Å². The third-order valence-corrected chi connectivity index (χ3v) is 6.90. The Labute approximate surface area is 240 Å². The zero-order chi connectivity index (χ0) is 29.4. The summed E-state index contributed by atoms with van der Waals surface area (Å²) in [6, 6.07) is 19.2. The molecular formula is C31H35N3O7. The van der Waals surface area contributed by atoms with Crippen LogP contribution in [-0.2, 0) is 9.53 Å². The first-order valence-corrected chi connectivity index (χ1v) is 13.1. The fraction of sp³-hybridized carbons (Fsp3) is 0.323. The second-order valence-corrected chi connectivity index (χ2v) is 9.29. The molecule has 4 rings (SSSR count). The van der Waals surface area contributed by atoms with Crippen LogP contribution in [0, 0.1) is 0 Å². The van der Waals surface area contributed by atoms with Crippen molar-refractivity contribution in [1.82, 2.24) is 9.91 Å². The first kappa shape index (κ1) is 29.4. The van der Waals surface area contributed by atoms with E-state index >= 15 is 0 Å². The van der Waals surface area contributed by atoms with Crippen LogP contribution in [0.1, 0.15) is 33.9 Å². The molecule has 1 unspecified atom stereocenters. The van der Waals surface area contributed by atoms with E-state index in [2.05, 4.69) is 0 Å². The summed E-state index contributed by atoms with van der Waals surface area (Å²) >= 11 is 0. The molecule has 0 aliphatic carbocycles. The van der Waals surface area contributed by atoms with Gasteiger partial charge < -0.3 is 28.6 Å². The van der Waals surface area contributed by atoms with Gasteiger partial charge in [0.2, 0.25) is 0 Å². The molecular weight excluding hydrogens is 526 g/mol. The van der Waals surface area contributed by atoms with Crippen molar-refractivity contribution >= 4 is 17.5 Å². The van der Waals surface area contributed by atoms with E-state index in [0.29, 0.717) is 29.2 Å². The van der Waals surface area contributed by atoms with E-state index in [1.54, 1.807) is 71.9 Å². The van der Waals surface area contributed by atoms with Crippen LogP contribution in [-0.4, -0.2) is 82.7 Å². The molecule has 41 heavy (non-hydrogen) atoms. The number of amides is 2. The predicted molar refractivity (Wildman–Crippen MR) is 154 cm³/mol. The molecule has 0 spiro atoms. The standard InChI is InChI=1S/C31H35N3O7/c1-37-17-16-33(31(36)22-8-12-24(39-3)13-9-22)20-30(35)34-28(26-18-25(40-4)14-15-29(26)41-5)19-27(32-34)21-6-10-23(38-2)11-7-21/h6-15,18,28H,16-17,19-20H2,1-5H3. The van der Waals surface area contributed by atoms with Crippen molar-refractivity contribution < 1.29 is 33.3 Å². The number of nitrogens with zero attached hydrogens (tertiary/aromatic N) is 3. The molecule has 1 heterocycles. The summed E-state index contributed by atoms with van der Waals surface area (Å²) in [5.41, 5.74) is 2.77. The highest BCUT2D eigenvalue weighted by Crippen LogP contribution is 2.39. The maximum Gasteiger partial charge on any atom is 0.262 e. The number of hydrogen-bond acceptors (Lipinski definition) is 8. The maximum atomic E-state index is 13.9. The van der Waals surface area contributed by atoms with Crippen molar-refractivity contribution in [3.8, 4) is 23.0 Å². The van der Waals surface area contributed by atoms with Crippen LogP contribution in [0.25, 0.3) is 0 Å². The first-order chi connectivity index (χ1) is 19.9. The molecule has 0 N–H and O–H groups in total. The normalized spacial score (nSPS) is 14.3. The van der Waals surface area contributed by atoms with Gasteiger partial charge in [-0.2, -0.15) is 5.10 Å². The first-order valence-electron chi connectivity index (χ1n) is 13.1. The highest BCUT2D eigenvalue weighted by atomic mass is 16.5. The summed E-state index contributed by atoms with van der Waals surface area (Å²) in [5.74, 6) is 1.94. The lowest BCUT2D eigenvalue weighted by Crippen LogP contribution is -2.42. The number of rotatable bonds is 12. The summed E-state index contributed by atoms with van der Waals surface area (Å²) in [6.07, 6.45) is 0.437. The number of carbonyl (C=O) groups excluding carboxylic acids is 2. The third-order valence-electron chi connectivity index (χ3n) is 6.90. The van der Waals surface area contributed by atoms with Crippen LogP contribution >= 0.6 is 0 Å². The van der Waals surface area contributed by atoms with Crippen molar-refractivity contribution in [1.29, 1.82) is 0 Å². The lowest BCUT2D eigenvalue weighted by molar-refractivity contribution is -0.133. The number of methoxy groups -OCH3 is 5.